The van der Waals surface area contributed by atoms with Gasteiger partial charge in [-0.3, -0.25) is 0 Å². The van der Waals surface area contributed by atoms with Crippen LogP contribution < -0.4 is 0 Å². The molecule has 0 aliphatic carbocycles. The molecule has 0 rings (SSSR count). The number of rotatable bonds is 8. The molecule has 15 heavy (non-hydrogen) atoms. The summed E-state index contributed by atoms with van der Waals surface area (Å²) in [7, 11) is 0. The Kier molecular flexibility index (Phi) is 8.84. The summed E-state index contributed by atoms with van der Waals surface area (Å²) in [5.41, 5.74) is 0. The highest BCUT2D eigenvalue weighted by molar-refractivity contribution is 5.80. The van der Waals surface area contributed by atoms with Crippen LogP contribution in [0.1, 0.15) is 46.0 Å². The normalized spacial score (nSPS) is 13.7. The molecule has 0 aliphatic heterocycles. The Hall–Kier alpha value is -1.05. The molecule has 0 bridgehead atoms. The van der Waals surface area contributed by atoms with Crippen LogP contribution in [0.25, 0.3) is 0 Å². The fraction of sp³-hybridized carbons (Fsp3) is 0.615. The maximum absolute atomic E-state index is 10.1. The molecule has 2 heteroatoms. The second-order valence-corrected chi connectivity index (χ2v) is 3.92. The van der Waals surface area contributed by atoms with Gasteiger partial charge >= 0.3 is 5.97 Å². The average molecular weight is 210 g/mol. The van der Waals surface area contributed by atoms with Crippen molar-refractivity contribution in [2.75, 3.05) is 0 Å². The van der Waals surface area contributed by atoms with E-state index in [0.29, 0.717) is 0 Å². The van der Waals surface area contributed by atoms with Crippen LogP contribution in [0, 0.1) is 5.92 Å². The minimum Gasteiger partial charge on any atom is -0.478 e. The Balaban J connectivity index is 3.34. The average Bonchev–Trinajstić information content (AvgIpc) is 2.21. The number of hydrogen-bond donors (Lipinski definition) is 1. The number of hydrogen-bond acceptors (Lipinski definition) is 1. The summed E-state index contributed by atoms with van der Waals surface area (Å²) >= 11 is 0. The summed E-state index contributed by atoms with van der Waals surface area (Å²) in [6.45, 7) is 4.51. The Bertz CT molecular complexity index is 217. The quantitative estimate of drug-likeness (QED) is 0.376. The van der Waals surface area contributed by atoms with E-state index >= 15 is 0 Å². The third-order valence-corrected chi connectivity index (χ3v) is 2.50. The van der Waals surface area contributed by atoms with E-state index in [4.69, 9.17) is 5.11 Å². The predicted octanol–water partition coefficient (Wildman–Crippen LogP) is 3.79. The van der Waals surface area contributed by atoms with Crippen LogP contribution in [0.4, 0.5) is 0 Å². The van der Waals surface area contributed by atoms with Gasteiger partial charge in [0.15, 0.2) is 0 Å². The molecule has 86 valence electrons. The van der Waals surface area contributed by atoms with Crippen molar-refractivity contribution >= 4 is 5.97 Å². The first-order valence-electron chi connectivity index (χ1n) is 5.73. The van der Waals surface area contributed by atoms with Gasteiger partial charge in [0.2, 0.25) is 0 Å². The smallest absolute Gasteiger partial charge is 0.328 e. The molecule has 1 unspecified atom stereocenters. The largest absolute Gasteiger partial charge is 0.478 e. The van der Waals surface area contributed by atoms with Crippen molar-refractivity contribution in [3.63, 3.8) is 0 Å². The molecule has 0 saturated heterocycles. The predicted molar refractivity (Wildman–Crippen MR) is 63.8 cm³/mol. The van der Waals surface area contributed by atoms with Crippen molar-refractivity contribution < 1.29 is 9.90 Å². The monoisotopic (exact) mass is 210 g/mol. The van der Waals surface area contributed by atoms with Crippen LogP contribution in [0.3, 0.4) is 0 Å². The fourth-order valence-electron chi connectivity index (χ4n) is 1.27. The van der Waals surface area contributed by atoms with Crippen LogP contribution in [0.15, 0.2) is 24.3 Å². The second-order valence-electron chi connectivity index (χ2n) is 3.92. The first kappa shape index (κ1) is 13.9. The number of carboxylic acids is 1. The zero-order valence-corrected chi connectivity index (χ0v) is 9.78. The van der Waals surface area contributed by atoms with Crippen molar-refractivity contribution in [2.45, 2.75) is 46.0 Å². The summed E-state index contributed by atoms with van der Waals surface area (Å²) in [4.78, 5) is 10.1. The van der Waals surface area contributed by atoms with Crippen LogP contribution in [0.5, 0.6) is 0 Å². The third kappa shape index (κ3) is 10.9. The van der Waals surface area contributed by atoms with Gasteiger partial charge in [0.25, 0.3) is 0 Å². The molecule has 0 aromatic carbocycles. The minimum absolute atomic E-state index is 0.834. The molecule has 0 radical (unpaired) electrons. The van der Waals surface area contributed by atoms with Crippen molar-refractivity contribution in [1.29, 1.82) is 0 Å². The molecule has 0 aromatic heterocycles. The molecule has 0 fully saturated rings. The van der Waals surface area contributed by atoms with E-state index in [1.807, 2.05) is 6.08 Å². The topological polar surface area (TPSA) is 37.3 Å². The molecular weight excluding hydrogens is 188 g/mol. The van der Waals surface area contributed by atoms with Crippen LogP contribution in [0.2, 0.25) is 0 Å². The number of aliphatic carboxylic acids is 1. The van der Waals surface area contributed by atoms with E-state index in [0.717, 1.165) is 18.4 Å². The van der Waals surface area contributed by atoms with Gasteiger partial charge in [-0.05, 0) is 18.8 Å². The summed E-state index contributed by atoms with van der Waals surface area (Å²) in [5.74, 6) is -0.0580. The highest BCUT2D eigenvalue weighted by Gasteiger charge is 1.96. The lowest BCUT2D eigenvalue weighted by Crippen LogP contribution is -1.90. The van der Waals surface area contributed by atoms with Gasteiger partial charge in [-0.25, -0.2) is 4.79 Å². The number of carbonyl (C=O) groups is 1. The first-order valence-corrected chi connectivity index (χ1v) is 5.73. The Morgan fingerprint density at radius 2 is 2.07 bits per heavy atom. The van der Waals surface area contributed by atoms with E-state index < -0.39 is 5.97 Å². The first-order chi connectivity index (χ1) is 7.16. The minimum atomic E-state index is -0.892. The standard InChI is InChI=1S/C13H22O2/c1-3-12(2)10-8-6-4-5-7-9-11-13(14)15/h5,7,9,11-12H,3-4,6,8,10H2,1-2H3,(H,14,15)/b7-5+,11-9+. The van der Waals surface area contributed by atoms with Gasteiger partial charge in [-0.2, -0.15) is 0 Å². The molecule has 1 atom stereocenters. The second kappa shape index (κ2) is 9.50. The molecule has 0 aromatic rings. The maximum Gasteiger partial charge on any atom is 0.328 e. The summed E-state index contributed by atoms with van der Waals surface area (Å²) in [6.07, 6.45) is 12.6. The van der Waals surface area contributed by atoms with Gasteiger partial charge < -0.3 is 5.11 Å². The molecular formula is C13H22O2. The van der Waals surface area contributed by atoms with Gasteiger partial charge in [-0.1, -0.05) is 51.3 Å². The fourth-order valence-corrected chi connectivity index (χ4v) is 1.27. The number of allylic oxidation sites excluding steroid dienone is 3. The van der Waals surface area contributed by atoms with E-state index in [1.165, 1.54) is 25.7 Å². The van der Waals surface area contributed by atoms with Crippen molar-refractivity contribution in [3.8, 4) is 0 Å². The van der Waals surface area contributed by atoms with E-state index in [1.54, 1.807) is 12.2 Å². The highest BCUT2D eigenvalue weighted by atomic mass is 16.4. The molecule has 0 saturated carbocycles. The van der Waals surface area contributed by atoms with E-state index in [2.05, 4.69) is 13.8 Å². The Labute approximate surface area is 92.7 Å². The van der Waals surface area contributed by atoms with Crippen molar-refractivity contribution in [1.82, 2.24) is 0 Å². The molecule has 0 spiro atoms. The molecule has 0 aliphatic rings. The summed E-state index contributed by atoms with van der Waals surface area (Å²) < 4.78 is 0. The zero-order chi connectivity index (χ0) is 11.5. The summed E-state index contributed by atoms with van der Waals surface area (Å²) in [5, 5.41) is 8.32. The third-order valence-electron chi connectivity index (χ3n) is 2.50. The maximum atomic E-state index is 10.1. The van der Waals surface area contributed by atoms with Crippen LogP contribution in [-0.2, 0) is 4.79 Å². The van der Waals surface area contributed by atoms with Gasteiger partial charge in [0, 0.05) is 6.08 Å². The number of unbranched alkanes of at least 4 members (excludes halogenated alkanes) is 2. The molecule has 1 N–H and O–H groups in total. The Morgan fingerprint density at radius 1 is 1.33 bits per heavy atom. The lowest BCUT2D eigenvalue weighted by molar-refractivity contribution is -0.131. The van der Waals surface area contributed by atoms with E-state index in [9.17, 15) is 4.79 Å². The van der Waals surface area contributed by atoms with Crippen molar-refractivity contribution in [2.24, 2.45) is 5.92 Å². The lowest BCUT2D eigenvalue weighted by atomic mass is 10.0. The van der Waals surface area contributed by atoms with Crippen LogP contribution in [-0.4, -0.2) is 11.1 Å². The Morgan fingerprint density at radius 3 is 2.67 bits per heavy atom. The number of carboxylic acid groups (broad SMARTS) is 1. The van der Waals surface area contributed by atoms with Gasteiger partial charge in [-0.15, -0.1) is 0 Å². The van der Waals surface area contributed by atoms with Gasteiger partial charge in [0.05, 0.1) is 0 Å². The van der Waals surface area contributed by atoms with Crippen LogP contribution >= 0.6 is 0 Å². The lowest BCUT2D eigenvalue weighted by Gasteiger charge is -2.05. The molecule has 0 heterocycles. The highest BCUT2D eigenvalue weighted by Crippen LogP contribution is 2.12. The molecule has 2 nitrogen and oxygen atoms in total. The molecule has 0 amide bonds. The summed E-state index contributed by atoms with van der Waals surface area (Å²) in [6, 6.07) is 0. The van der Waals surface area contributed by atoms with Crippen molar-refractivity contribution in [3.05, 3.63) is 24.3 Å². The zero-order valence-electron chi connectivity index (χ0n) is 9.78. The SMILES string of the molecule is CCC(C)CCCC/C=C/C=C/C(=O)O. The van der Waals surface area contributed by atoms with Gasteiger partial charge in [0.1, 0.15) is 0 Å². The van der Waals surface area contributed by atoms with E-state index in [-0.39, 0.29) is 0 Å².